The van der Waals surface area contributed by atoms with E-state index in [1.54, 1.807) is 27.8 Å². The molecule has 8 heteroatoms. The van der Waals surface area contributed by atoms with Gasteiger partial charge in [-0.2, -0.15) is 4.31 Å². The highest BCUT2D eigenvalue weighted by Gasteiger charge is 2.32. The Hall–Kier alpha value is -1.77. The first-order valence-corrected chi connectivity index (χ1v) is 11.9. The number of hydrogen-bond acceptors (Lipinski definition) is 5. The Labute approximate surface area is 171 Å². The van der Waals surface area contributed by atoms with Gasteiger partial charge < -0.3 is 5.32 Å². The van der Waals surface area contributed by atoms with Crippen molar-refractivity contribution in [1.82, 2.24) is 14.6 Å². The Morgan fingerprint density at radius 3 is 2.68 bits per heavy atom. The summed E-state index contributed by atoms with van der Waals surface area (Å²) in [7, 11) is -3.51. The average molecular weight is 422 g/mol. The fourth-order valence-corrected chi connectivity index (χ4v) is 6.16. The molecule has 2 heterocycles. The van der Waals surface area contributed by atoms with Gasteiger partial charge in [-0.25, -0.2) is 13.4 Å². The molecule has 1 saturated heterocycles. The monoisotopic (exact) mass is 421 g/mol. The number of carbonyl (C=O) groups excluding carboxylic acids is 1. The number of carbonyl (C=O) groups is 1. The molecule has 1 fully saturated rings. The molecule has 0 bridgehead atoms. The topological polar surface area (TPSA) is 79.4 Å². The Balaban J connectivity index is 1.73. The zero-order valence-corrected chi connectivity index (χ0v) is 18.2. The first-order chi connectivity index (χ1) is 13.3. The van der Waals surface area contributed by atoms with Crippen molar-refractivity contribution < 1.29 is 13.2 Å². The van der Waals surface area contributed by atoms with Crippen LogP contribution in [0, 0.1) is 13.8 Å². The normalized spacial score (nSPS) is 18.2. The lowest BCUT2D eigenvalue weighted by atomic mass is 10.0. The molecular formula is C20H27N3O3S2. The predicted octanol–water partition coefficient (Wildman–Crippen LogP) is 3.35. The smallest absolute Gasteiger partial charge is 0.243 e. The molecule has 1 N–H and O–H groups in total. The van der Waals surface area contributed by atoms with E-state index >= 15 is 0 Å². The van der Waals surface area contributed by atoms with Gasteiger partial charge in [0.2, 0.25) is 15.9 Å². The summed E-state index contributed by atoms with van der Waals surface area (Å²) in [5.41, 5.74) is 2.73. The fraction of sp³-hybridized carbons (Fsp3) is 0.500. The average Bonchev–Trinajstić information content (AvgIpc) is 3.14. The van der Waals surface area contributed by atoms with Crippen LogP contribution in [0.5, 0.6) is 0 Å². The molecule has 0 aliphatic carbocycles. The first-order valence-electron chi connectivity index (χ1n) is 9.59. The highest BCUT2D eigenvalue weighted by Crippen LogP contribution is 2.32. The summed E-state index contributed by atoms with van der Waals surface area (Å²) in [6.07, 6.45) is 2.19. The quantitative estimate of drug-likeness (QED) is 0.776. The standard InChI is InChI=1S/C20H27N3O3S2/c1-4-19(24)21-11-17-13-27-20(22-17)16-6-5-7-23(12-16)28(25,26)18-9-14(2)8-15(3)10-18/h8-10,13,16H,4-7,11-12H2,1-3H3,(H,21,24). The van der Waals surface area contributed by atoms with Crippen LogP contribution in [0.2, 0.25) is 0 Å². The molecular weight excluding hydrogens is 394 g/mol. The van der Waals surface area contributed by atoms with Crippen molar-refractivity contribution in [2.24, 2.45) is 0 Å². The van der Waals surface area contributed by atoms with Crippen molar-refractivity contribution in [1.29, 1.82) is 0 Å². The Morgan fingerprint density at radius 2 is 2.00 bits per heavy atom. The number of sulfonamides is 1. The van der Waals surface area contributed by atoms with Gasteiger partial charge in [0.1, 0.15) is 0 Å². The molecule has 0 spiro atoms. The molecule has 1 amide bonds. The minimum atomic E-state index is -3.51. The summed E-state index contributed by atoms with van der Waals surface area (Å²) in [5.74, 6) is 0.0907. The zero-order valence-electron chi connectivity index (χ0n) is 16.6. The van der Waals surface area contributed by atoms with E-state index in [-0.39, 0.29) is 11.8 Å². The highest BCUT2D eigenvalue weighted by atomic mass is 32.2. The van der Waals surface area contributed by atoms with Crippen molar-refractivity contribution in [3.8, 4) is 0 Å². The Kier molecular flexibility index (Phi) is 6.52. The molecule has 1 aliphatic heterocycles. The van der Waals surface area contributed by atoms with Crippen molar-refractivity contribution in [2.75, 3.05) is 13.1 Å². The summed E-state index contributed by atoms with van der Waals surface area (Å²) in [4.78, 5) is 16.4. The van der Waals surface area contributed by atoms with E-state index in [1.165, 1.54) is 0 Å². The van der Waals surface area contributed by atoms with Gasteiger partial charge in [-0.15, -0.1) is 11.3 Å². The molecule has 6 nitrogen and oxygen atoms in total. The molecule has 28 heavy (non-hydrogen) atoms. The van der Waals surface area contributed by atoms with E-state index in [0.29, 0.717) is 31.0 Å². The van der Waals surface area contributed by atoms with Gasteiger partial charge in [-0.3, -0.25) is 4.79 Å². The lowest BCUT2D eigenvalue weighted by molar-refractivity contribution is -0.120. The number of rotatable bonds is 6. The van der Waals surface area contributed by atoms with Crippen molar-refractivity contribution in [3.63, 3.8) is 0 Å². The number of thiazole rings is 1. The molecule has 1 atom stereocenters. The van der Waals surface area contributed by atoms with Crippen LogP contribution in [0.15, 0.2) is 28.5 Å². The van der Waals surface area contributed by atoms with Crippen LogP contribution < -0.4 is 5.32 Å². The van der Waals surface area contributed by atoms with E-state index in [9.17, 15) is 13.2 Å². The van der Waals surface area contributed by atoms with Gasteiger partial charge in [-0.05, 0) is 49.9 Å². The van der Waals surface area contributed by atoms with Crippen LogP contribution in [0.25, 0.3) is 0 Å². The van der Waals surface area contributed by atoms with E-state index in [2.05, 4.69) is 10.3 Å². The maximum Gasteiger partial charge on any atom is 0.243 e. The number of benzene rings is 1. The van der Waals surface area contributed by atoms with E-state index in [1.807, 2.05) is 32.2 Å². The second kappa shape index (κ2) is 8.71. The number of nitrogens with one attached hydrogen (secondary N) is 1. The number of aryl methyl sites for hydroxylation is 2. The number of amides is 1. The first kappa shape index (κ1) is 21.0. The second-order valence-electron chi connectivity index (χ2n) is 7.33. The van der Waals surface area contributed by atoms with Crippen LogP contribution in [-0.4, -0.2) is 36.7 Å². The van der Waals surface area contributed by atoms with Gasteiger partial charge in [0, 0.05) is 30.8 Å². The summed E-state index contributed by atoms with van der Waals surface area (Å²) in [6.45, 7) is 7.05. The number of piperidine rings is 1. The van der Waals surface area contributed by atoms with Gasteiger partial charge in [0.15, 0.2) is 0 Å². The largest absolute Gasteiger partial charge is 0.350 e. The van der Waals surface area contributed by atoms with Crippen molar-refractivity contribution in [3.05, 3.63) is 45.4 Å². The third-order valence-corrected chi connectivity index (χ3v) is 7.82. The molecule has 0 saturated carbocycles. The van der Waals surface area contributed by atoms with E-state index in [0.717, 1.165) is 34.7 Å². The lowest BCUT2D eigenvalue weighted by Crippen LogP contribution is -2.39. The summed E-state index contributed by atoms with van der Waals surface area (Å²) >= 11 is 1.54. The molecule has 152 valence electrons. The van der Waals surface area contributed by atoms with Crippen LogP contribution in [0.3, 0.4) is 0 Å². The Bertz CT molecular complexity index is 933. The number of nitrogens with zero attached hydrogens (tertiary/aromatic N) is 2. The van der Waals surface area contributed by atoms with Crippen LogP contribution in [-0.2, 0) is 21.4 Å². The maximum atomic E-state index is 13.1. The summed E-state index contributed by atoms with van der Waals surface area (Å²) in [6, 6.07) is 5.46. The number of aromatic nitrogens is 1. The van der Waals surface area contributed by atoms with E-state index in [4.69, 9.17) is 0 Å². The maximum absolute atomic E-state index is 13.1. The zero-order chi connectivity index (χ0) is 20.3. The molecule has 2 aromatic rings. The summed E-state index contributed by atoms with van der Waals surface area (Å²) < 4.78 is 27.9. The molecule has 0 radical (unpaired) electrons. The fourth-order valence-electron chi connectivity index (χ4n) is 3.50. The second-order valence-corrected chi connectivity index (χ2v) is 10.2. The van der Waals surface area contributed by atoms with Gasteiger partial charge in [0.25, 0.3) is 0 Å². The van der Waals surface area contributed by atoms with Crippen LogP contribution in [0.1, 0.15) is 53.9 Å². The third kappa shape index (κ3) is 4.79. The van der Waals surface area contributed by atoms with E-state index < -0.39 is 10.0 Å². The van der Waals surface area contributed by atoms with Crippen molar-refractivity contribution >= 4 is 27.3 Å². The highest BCUT2D eigenvalue weighted by molar-refractivity contribution is 7.89. The third-order valence-electron chi connectivity index (χ3n) is 4.92. The summed E-state index contributed by atoms with van der Waals surface area (Å²) in [5, 5.41) is 5.72. The number of hydrogen-bond donors (Lipinski definition) is 1. The van der Waals surface area contributed by atoms with Gasteiger partial charge in [-0.1, -0.05) is 13.0 Å². The van der Waals surface area contributed by atoms with Gasteiger partial charge >= 0.3 is 0 Å². The molecule has 1 aromatic carbocycles. The van der Waals surface area contributed by atoms with Crippen molar-refractivity contribution in [2.45, 2.75) is 57.4 Å². The lowest BCUT2D eigenvalue weighted by Gasteiger charge is -2.31. The minimum Gasteiger partial charge on any atom is -0.350 e. The van der Waals surface area contributed by atoms with Gasteiger partial charge in [0.05, 0.1) is 22.1 Å². The SMILES string of the molecule is CCC(=O)NCc1csc(C2CCCN(S(=O)(=O)c3cc(C)cc(C)c3)C2)n1. The molecule has 3 rings (SSSR count). The van der Waals surface area contributed by atoms with Crippen LogP contribution in [0.4, 0.5) is 0 Å². The molecule has 1 aliphatic rings. The molecule has 1 aromatic heterocycles. The predicted molar refractivity (Wildman–Crippen MR) is 111 cm³/mol. The minimum absolute atomic E-state index is 0.00191. The molecule has 1 unspecified atom stereocenters. The Morgan fingerprint density at radius 1 is 1.29 bits per heavy atom. The van der Waals surface area contributed by atoms with Crippen LogP contribution >= 0.6 is 11.3 Å².